The predicted octanol–water partition coefficient (Wildman–Crippen LogP) is 6.66. The smallest absolute Gasteiger partial charge is 0.293 e. The van der Waals surface area contributed by atoms with Crippen molar-refractivity contribution in [2.75, 3.05) is 19.8 Å². The molecule has 0 aliphatic carbocycles. The van der Waals surface area contributed by atoms with Crippen LogP contribution in [0.4, 0.5) is 13.6 Å². The fourth-order valence-corrected chi connectivity index (χ4v) is 5.12. The lowest BCUT2D eigenvalue weighted by Gasteiger charge is -2.15. The Bertz CT molecular complexity index is 1330. The number of hydrogen-bond donors (Lipinski definition) is 0. The predicted molar refractivity (Wildman–Crippen MR) is 146 cm³/mol. The lowest BCUT2D eigenvalue weighted by molar-refractivity contribution is -0.123. The third kappa shape index (κ3) is 6.80. The zero-order valence-electron chi connectivity index (χ0n) is 19.7. The van der Waals surface area contributed by atoms with Crippen LogP contribution >= 0.6 is 34.4 Å². The molecule has 0 spiro atoms. The molecule has 3 aromatic rings. The molecule has 0 N–H and O–H groups in total. The van der Waals surface area contributed by atoms with Crippen molar-refractivity contribution < 1.29 is 32.6 Å². The second-order valence-corrected chi connectivity index (χ2v) is 9.93. The largest absolute Gasteiger partial charge is 0.492 e. The van der Waals surface area contributed by atoms with Crippen LogP contribution in [0.3, 0.4) is 0 Å². The van der Waals surface area contributed by atoms with Gasteiger partial charge in [-0.3, -0.25) is 14.5 Å². The van der Waals surface area contributed by atoms with Gasteiger partial charge in [0, 0.05) is 5.56 Å². The van der Waals surface area contributed by atoms with Gasteiger partial charge in [-0.15, -0.1) is 0 Å². The topological polar surface area (TPSA) is 65.1 Å². The minimum absolute atomic E-state index is 0.0287. The second-order valence-electron chi connectivity index (χ2n) is 7.78. The van der Waals surface area contributed by atoms with Crippen LogP contribution in [-0.2, 0) is 11.4 Å². The summed E-state index contributed by atoms with van der Waals surface area (Å²) in [6.45, 7) is 2.38. The highest BCUT2D eigenvalue weighted by Crippen LogP contribution is 2.38. The van der Waals surface area contributed by atoms with Crippen molar-refractivity contribution >= 4 is 51.6 Å². The Hall–Kier alpha value is -3.12. The number of amides is 2. The Labute approximate surface area is 230 Å². The number of halogens is 3. The molecule has 4 rings (SSSR count). The van der Waals surface area contributed by atoms with Crippen molar-refractivity contribution in [1.82, 2.24) is 4.90 Å². The van der Waals surface area contributed by atoms with E-state index in [0.717, 1.165) is 16.7 Å². The van der Waals surface area contributed by atoms with Crippen LogP contribution in [0.2, 0.25) is 0 Å². The number of carbonyl (C=O) groups is 2. The maximum atomic E-state index is 14.0. The number of imide groups is 1. The lowest BCUT2D eigenvalue weighted by atomic mass is 10.1. The van der Waals surface area contributed by atoms with Crippen molar-refractivity contribution in [3.05, 3.63) is 91.9 Å². The number of ether oxygens (including phenoxy) is 3. The van der Waals surface area contributed by atoms with E-state index in [-0.39, 0.29) is 36.3 Å². The van der Waals surface area contributed by atoms with Gasteiger partial charge in [0.15, 0.2) is 11.5 Å². The van der Waals surface area contributed by atoms with Gasteiger partial charge in [0.25, 0.3) is 11.1 Å². The van der Waals surface area contributed by atoms with Crippen LogP contribution in [0.15, 0.2) is 65.6 Å². The highest BCUT2D eigenvalue weighted by molar-refractivity contribution is 14.1. The zero-order chi connectivity index (χ0) is 26.4. The van der Waals surface area contributed by atoms with E-state index in [1.54, 1.807) is 36.4 Å². The van der Waals surface area contributed by atoms with Crippen molar-refractivity contribution in [2.45, 2.75) is 13.5 Å². The fourth-order valence-electron chi connectivity index (χ4n) is 3.47. The van der Waals surface area contributed by atoms with Crippen molar-refractivity contribution in [3.63, 3.8) is 0 Å². The molecule has 0 aromatic heterocycles. The Balaban J connectivity index is 1.46. The summed E-state index contributed by atoms with van der Waals surface area (Å²) in [6.07, 6.45) is 1.62. The van der Waals surface area contributed by atoms with E-state index in [1.807, 2.05) is 6.92 Å². The molecule has 1 fully saturated rings. The van der Waals surface area contributed by atoms with Crippen LogP contribution in [0.1, 0.15) is 18.1 Å². The molecule has 10 heteroatoms. The van der Waals surface area contributed by atoms with E-state index in [0.29, 0.717) is 38.6 Å². The molecule has 0 bridgehead atoms. The molecular weight excluding hydrogens is 615 g/mol. The molecule has 1 aliphatic rings. The molecule has 0 atom stereocenters. The van der Waals surface area contributed by atoms with Crippen molar-refractivity contribution in [3.8, 4) is 17.2 Å². The van der Waals surface area contributed by atoms with Gasteiger partial charge in [0.1, 0.15) is 30.6 Å². The third-order valence-corrected chi connectivity index (χ3v) is 6.94. The summed E-state index contributed by atoms with van der Waals surface area (Å²) in [7, 11) is 0. The van der Waals surface area contributed by atoms with Crippen molar-refractivity contribution in [2.24, 2.45) is 0 Å². The molecule has 1 aliphatic heterocycles. The summed E-state index contributed by atoms with van der Waals surface area (Å²) in [6, 6.07) is 15.4. The number of nitrogens with zero attached hydrogens (tertiary/aromatic N) is 1. The van der Waals surface area contributed by atoms with E-state index in [1.165, 1.54) is 30.3 Å². The standard InChI is InChI=1S/C27H22F2INO5S/c1-2-34-23-14-17(13-22(30)25(23)36-16-18-5-3-4-6-21(18)29)15-24-26(32)31(27(33)37-24)11-12-35-20-9-7-19(28)8-10-20/h3-10,13-15H,2,11-12,16H2,1H3/b24-15-. The average Bonchev–Trinajstić information content (AvgIpc) is 3.13. The van der Waals surface area contributed by atoms with Gasteiger partial charge in [0.2, 0.25) is 0 Å². The van der Waals surface area contributed by atoms with E-state index >= 15 is 0 Å². The van der Waals surface area contributed by atoms with Gasteiger partial charge in [-0.25, -0.2) is 8.78 Å². The molecule has 0 radical (unpaired) electrons. The summed E-state index contributed by atoms with van der Waals surface area (Å²) < 4.78 is 44.9. The van der Waals surface area contributed by atoms with Crippen LogP contribution in [0.25, 0.3) is 6.08 Å². The first-order valence-electron chi connectivity index (χ1n) is 11.3. The van der Waals surface area contributed by atoms with E-state index < -0.39 is 11.1 Å². The number of hydrogen-bond acceptors (Lipinski definition) is 6. The highest BCUT2D eigenvalue weighted by atomic mass is 127. The number of carbonyl (C=O) groups excluding carboxylic acids is 2. The van der Waals surface area contributed by atoms with E-state index in [9.17, 15) is 18.4 Å². The molecule has 0 unspecified atom stereocenters. The summed E-state index contributed by atoms with van der Waals surface area (Å²) in [5.74, 6) is 0.198. The molecule has 1 heterocycles. The van der Waals surface area contributed by atoms with Gasteiger partial charge in [-0.05, 0) is 95.4 Å². The summed E-state index contributed by atoms with van der Waals surface area (Å²) >= 11 is 2.93. The highest BCUT2D eigenvalue weighted by Gasteiger charge is 2.35. The van der Waals surface area contributed by atoms with Gasteiger partial charge >= 0.3 is 0 Å². The van der Waals surface area contributed by atoms with Gasteiger partial charge in [0.05, 0.1) is 21.6 Å². The van der Waals surface area contributed by atoms with E-state index in [2.05, 4.69) is 22.6 Å². The molecule has 1 saturated heterocycles. The SMILES string of the molecule is CCOc1cc(/C=C2\SC(=O)N(CCOc3ccc(F)cc3)C2=O)cc(I)c1OCc1ccccc1F. The second kappa shape index (κ2) is 12.4. The minimum Gasteiger partial charge on any atom is -0.492 e. The maximum Gasteiger partial charge on any atom is 0.293 e. The third-order valence-electron chi connectivity index (χ3n) is 5.23. The maximum absolute atomic E-state index is 14.0. The minimum atomic E-state index is -0.425. The number of benzene rings is 3. The molecule has 2 amide bonds. The Morgan fingerprint density at radius 3 is 2.49 bits per heavy atom. The normalized spacial score (nSPS) is 14.4. The Morgan fingerprint density at radius 1 is 1.00 bits per heavy atom. The van der Waals surface area contributed by atoms with Gasteiger partial charge < -0.3 is 14.2 Å². The average molecular weight is 637 g/mol. The quantitative estimate of drug-likeness (QED) is 0.183. The summed E-state index contributed by atoms with van der Waals surface area (Å²) in [4.78, 5) is 26.7. The first kappa shape index (κ1) is 26.9. The van der Waals surface area contributed by atoms with Crippen molar-refractivity contribution in [1.29, 1.82) is 0 Å². The molecular formula is C27H22F2INO5S. The monoisotopic (exact) mass is 637 g/mol. The van der Waals surface area contributed by atoms with E-state index in [4.69, 9.17) is 14.2 Å². The molecule has 192 valence electrons. The summed E-state index contributed by atoms with van der Waals surface area (Å²) in [5, 5.41) is -0.400. The van der Waals surface area contributed by atoms with Crippen LogP contribution in [-0.4, -0.2) is 35.8 Å². The van der Waals surface area contributed by atoms with Crippen LogP contribution in [0.5, 0.6) is 17.2 Å². The number of thioether (sulfide) groups is 1. The van der Waals surface area contributed by atoms with Crippen LogP contribution in [0, 0.1) is 15.2 Å². The molecule has 6 nitrogen and oxygen atoms in total. The number of rotatable bonds is 10. The van der Waals surface area contributed by atoms with Gasteiger partial charge in [-0.2, -0.15) is 0 Å². The fraction of sp³-hybridized carbons (Fsp3) is 0.185. The molecule has 37 heavy (non-hydrogen) atoms. The van der Waals surface area contributed by atoms with Crippen LogP contribution < -0.4 is 14.2 Å². The molecule has 0 saturated carbocycles. The summed E-state index contributed by atoms with van der Waals surface area (Å²) in [5.41, 5.74) is 1.07. The molecule has 3 aromatic carbocycles. The first-order valence-corrected chi connectivity index (χ1v) is 13.2. The zero-order valence-corrected chi connectivity index (χ0v) is 22.7. The first-order chi connectivity index (χ1) is 17.9. The Kier molecular flexibility index (Phi) is 9.04. The lowest BCUT2D eigenvalue weighted by Crippen LogP contribution is -2.32. The van der Waals surface area contributed by atoms with Gasteiger partial charge in [-0.1, -0.05) is 18.2 Å². The Morgan fingerprint density at radius 2 is 1.76 bits per heavy atom.